The number of piperidine rings is 1. The summed E-state index contributed by atoms with van der Waals surface area (Å²) >= 11 is 1.47. The average Bonchev–Trinajstić information content (AvgIpc) is 3.36. The summed E-state index contributed by atoms with van der Waals surface area (Å²) in [6.07, 6.45) is 1.24. The van der Waals surface area contributed by atoms with Gasteiger partial charge in [-0.15, -0.1) is 0 Å². The van der Waals surface area contributed by atoms with Gasteiger partial charge < -0.3 is 4.74 Å². The van der Waals surface area contributed by atoms with Crippen LogP contribution in [0.5, 0.6) is 5.75 Å². The highest BCUT2D eigenvalue weighted by atomic mass is 32.2. The lowest BCUT2D eigenvalue weighted by molar-refractivity contribution is -0.123. The molecule has 0 aliphatic carbocycles. The van der Waals surface area contributed by atoms with Crippen LogP contribution in [0.3, 0.4) is 0 Å². The van der Waals surface area contributed by atoms with Gasteiger partial charge in [-0.3, -0.25) is 9.69 Å². The van der Waals surface area contributed by atoms with Crippen molar-refractivity contribution in [3.63, 3.8) is 0 Å². The van der Waals surface area contributed by atoms with Crippen LogP contribution >= 0.6 is 11.3 Å². The second-order valence-corrected chi connectivity index (χ2v) is 11.7. The number of amides is 1. The van der Waals surface area contributed by atoms with Crippen molar-refractivity contribution in [1.29, 1.82) is 0 Å². The lowest BCUT2D eigenvalue weighted by Gasteiger charge is -2.33. The van der Waals surface area contributed by atoms with E-state index in [9.17, 15) is 13.2 Å². The molecule has 1 aliphatic rings. The number of fused-ring (bicyclic) bond motifs is 1. The van der Waals surface area contributed by atoms with E-state index in [1.807, 2.05) is 54.6 Å². The number of rotatable bonds is 7. The molecule has 2 heterocycles. The molecule has 1 aliphatic heterocycles. The van der Waals surface area contributed by atoms with Crippen molar-refractivity contribution in [2.45, 2.75) is 24.3 Å². The maximum Gasteiger partial charge on any atom is 0.243 e. The normalized spacial score (nSPS) is 16.6. The molecule has 1 fully saturated rings. The van der Waals surface area contributed by atoms with Gasteiger partial charge in [0.05, 0.1) is 34.7 Å². The highest BCUT2D eigenvalue weighted by molar-refractivity contribution is 7.89. The minimum Gasteiger partial charge on any atom is -0.497 e. The van der Waals surface area contributed by atoms with Crippen molar-refractivity contribution in [1.82, 2.24) is 9.29 Å². The van der Waals surface area contributed by atoms with Crippen LogP contribution in [0, 0.1) is 5.92 Å². The average molecular weight is 522 g/mol. The van der Waals surface area contributed by atoms with Crippen LogP contribution in [-0.2, 0) is 21.4 Å². The number of carbonyl (C=O) groups excluding carboxylic acids is 1. The fourth-order valence-corrected chi connectivity index (χ4v) is 6.95. The summed E-state index contributed by atoms with van der Waals surface area (Å²) in [5.74, 6) is 0.0306. The lowest BCUT2D eigenvalue weighted by Crippen LogP contribution is -2.46. The van der Waals surface area contributed by atoms with Gasteiger partial charge >= 0.3 is 0 Å². The number of sulfonamides is 1. The van der Waals surface area contributed by atoms with Crippen LogP contribution < -0.4 is 9.64 Å². The number of benzene rings is 3. The smallest absolute Gasteiger partial charge is 0.243 e. The lowest BCUT2D eigenvalue weighted by atomic mass is 9.98. The molecule has 1 saturated heterocycles. The number of para-hydroxylation sites is 1. The molecule has 186 valence electrons. The Hall–Kier alpha value is -3.27. The zero-order valence-electron chi connectivity index (χ0n) is 19.9. The van der Waals surface area contributed by atoms with Gasteiger partial charge in [-0.25, -0.2) is 13.4 Å². The molecule has 9 heteroatoms. The third kappa shape index (κ3) is 5.00. The standard InChI is InChI=1S/C27H27N3O4S2/c1-34-22-13-15-23(16-14-22)36(32,33)29-17-7-10-21(19-29)26(31)30(18-20-8-3-2-4-9-20)27-28-24-11-5-6-12-25(24)35-27/h2-6,8-9,11-16,21H,7,10,17-19H2,1H3. The molecule has 0 radical (unpaired) electrons. The van der Waals surface area contributed by atoms with E-state index in [2.05, 4.69) is 0 Å². The highest BCUT2D eigenvalue weighted by Crippen LogP contribution is 2.33. The summed E-state index contributed by atoms with van der Waals surface area (Å²) in [5.41, 5.74) is 1.83. The highest BCUT2D eigenvalue weighted by Gasteiger charge is 2.36. The third-order valence-corrected chi connectivity index (χ3v) is 9.33. The second-order valence-electron chi connectivity index (χ2n) is 8.75. The van der Waals surface area contributed by atoms with Crippen LogP contribution in [0.25, 0.3) is 10.2 Å². The van der Waals surface area contributed by atoms with Crippen LogP contribution in [0.1, 0.15) is 18.4 Å². The number of hydrogen-bond acceptors (Lipinski definition) is 6. The monoisotopic (exact) mass is 521 g/mol. The number of carbonyl (C=O) groups is 1. The van der Waals surface area contributed by atoms with Crippen molar-refractivity contribution in [3.8, 4) is 5.75 Å². The summed E-state index contributed by atoms with van der Waals surface area (Å²) in [6.45, 7) is 0.905. The number of ether oxygens (including phenoxy) is 1. The van der Waals surface area contributed by atoms with Gasteiger partial charge in [-0.2, -0.15) is 4.31 Å². The minimum atomic E-state index is -3.73. The van der Waals surface area contributed by atoms with Crippen LogP contribution in [0.2, 0.25) is 0 Å². The molecule has 0 bridgehead atoms. The number of methoxy groups -OCH3 is 1. The topological polar surface area (TPSA) is 79.8 Å². The Morgan fingerprint density at radius 2 is 1.78 bits per heavy atom. The predicted octanol–water partition coefficient (Wildman–Crippen LogP) is 4.94. The molecule has 0 N–H and O–H groups in total. The SMILES string of the molecule is COc1ccc(S(=O)(=O)N2CCCC(C(=O)N(Cc3ccccc3)c3nc4ccccc4s3)C2)cc1. The molecule has 36 heavy (non-hydrogen) atoms. The second kappa shape index (κ2) is 10.4. The molecule has 1 amide bonds. The van der Waals surface area contributed by atoms with Gasteiger partial charge in [0.15, 0.2) is 5.13 Å². The van der Waals surface area contributed by atoms with Crippen molar-refractivity contribution in [2.75, 3.05) is 25.1 Å². The Balaban J connectivity index is 1.42. The van der Waals surface area contributed by atoms with E-state index in [-0.39, 0.29) is 17.3 Å². The van der Waals surface area contributed by atoms with E-state index in [1.165, 1.54) is 22.8 Å². The Labute approximate surface area is 215 Å². The molecule has 1 unspecified atom stereocenters. The van der Waals surface area contributed by atoms with E-state index in [4.69, 9.17) is 9.72 Å². The first-order chi connectivity index (χ1) is 17.5. The van der Waals surface area contributed by atoms with E-state index in [0.29, 0.717) is 36.8 Å². The number of aromatic nitrogens is 1. The van der Waals surface area contributed by atoms with Crippen molar-refractivity contribution in [3.05, 3.63) is 84.4 Å². The zero-order chi connectivity index (χ0) is 25.1. The van der Waals surface area contributed by atoms with Gasteiger partial charge in [0.2, 0.25) is 15.9 Å². The Bertz CT molecular complexity index is 1420. The molecule has 0 saturated carbocycles. The predicted molar refractivity (Wildman–Crippen MR) is 142 cm³/mol. The maximum absolute atomic E-state index is 13.9. The van der Waals surface area contributed by atoms with Crippen LogP contribution in [0.15, 0.2) is 83.8 Å². The molecule has 1 atom stereocenters. The van der Waals surface area contributed by atoms with E-state index in [0.717, 1.165) is 15.8 Å². The minimum absolute atomic E-state index is 0.104. The van der Waals surface area contributed by atoms with Gasteiger partial charge in [-0.05, 0) is 54.8 Å². The molecule has 5 rings (SSSR count). The Morgan fingerprint density at radius 3 is 2.50 bits per heavy atom. The Kier molecular flexibility index (Phi) is 7.04. The van der Waals surface area contributed by atoms with Crippen molar-refractivity contribution < 1.29 is 17.9 Å². The number of hydrogen-bond donors (Lipinski definition) is 0. The van der Waals surface area contributed by atoms with Gasteiger partial charge in [0.1, 0.15) is 5.75 Å². The largest absolute Gasteiger partial charge is 0.497 e. The van der Waals surface area contributed by atoms with Crippen molar-refractivity contribution in [2.24, 2.45) is 5.92 Å². The summed E-state index contributed by atoms with van der Waals surface area (Å²) in [7, 11) is -2.19. The first-order valence-electron chi connectivity index (χ1n) is 11.8. The first-order valence-corrected chi connectivity index (χ1v) is 14.1. The van der Waals surface area contributed by atoms with Gasteiger partial charge in [0, 0.05) is 13.1 Å². The van der Waals surface area contributed by atoms with E-state index in [1.54, 1.807) is 29.2 Å². The summed E-state index contributed by atoms with van der Waals surface area (Å²) in [6, 6.07) is 24.0. The van der Waals surface area contributed by atoms with Crippen LogP contribution in [-0.4, -0.2) is 43.8 Å². The Morgan fingerprint density at radius 1 is 1.06 bits per heavy atom. The van der Waals surface area contributed by atoms with Crippen molar-refractivity contribution >= 4 is 42.6 Å². The number of anilines is 1. The zero-order valence-corrected chi connectivity index (χ0v) is 21.5. The molecule has 4 aromatic rings. The van der Waals surface area contributed by atoms with E-state index < -0.39 is 15.9 Å². The number of nitrogens with zero attached hydrogens (tertiary/aromatic N) is 3. The third-order valence-electron chi connectivity index (χ3n) is 6.39. The summed E-state index contributed by atoms with van der Waals surface area (Å²) < 4.78 is 34.3. The van der Waals surface area contributed by atoms with Gasteiger partial charge in [0.25, 0.3) is 0 Å². The summed E-state index contributed by atoms with van der Waals surface area (Å²) in [4.78, 5) is 20.6. The fraction of sp³-hybridized carbons (Fsp3) is 0.259. The fourth-order valence-electron chi connectivity index (χ4n) is 4.46. The van der Waals surface area contributed by atoms with Crippen LogP contribution in [0.4, 0.5) is 5.13 Å². The molecule has 7 nitrogen and oxygen atoms in total. The molecular formula is C27H27N3O4S2. The molecule has 1 aromatic heterocycles. The molecular weight excluding hydrogens is 494 g/mol. The maximum atomic E-state index is 13.9. The summed E-state index contributed by atoms with van der Waals surface area (Å²) in [5, 5.41) is 0.625. The van der Waals surface area contributed by atoms with Gasteiger partial charge in [-0.1, -0.05) is 53.8 Å². The first kappa shape index (κ1) is 24.4. The van der Waals surface area contributed by atoms with E-state index >= 15 is 0 Å². The number of thiazole rings is 1. The molecule has 0 spiro atoms. The molecule has 3 aromatic carbocycles. The quantitative estimate of drug-likeness (QED) is 0.344.